The van der Waals surface area contributed by atoms with Gasteiger partial charge in [0.1, 0.15) is 0 Å². The van der Waals surface area contributed by atoms with Gasteiger partial charge < -0.3 is 23.7 Å². The van der Waals surface area contributed by atoms with Crippen LogP contribution in [0.2, 0.25) is 0 Å². The molecule has 33 heavy (non-hydrogen) atoms. The summed E-state index contributed by atoms with van der Waals surface area (Å²) in [6.07, 6.45) is 2.96. The fourth-order valence-corrected chi connectivity index (χ4v) is 0.762. The minimum atomic E-state index is -1.09. The van der Waals surface area contributed by atoms with Crippen LogP contribution in [0.3, 0.4) is 0 Å². The van der Waals surface area contributed by atoms with E-state index in [0.29, 0.717) is 4.90 Å². The third kappa shape index (κ3) is 27.8. The molecular weight excluding hydrogens is 442 g/mol. The van der Waals surface area contributed by atoms with Gasteiger partial charge in [0.15, 0.2) is 0 Å². The minimum Gasteiger partial charge on any atom is -0.466 e. The molecule has 2 amide bonds. The van der Waals surface area contributed by atoms with Crippen LogP contribution < -0.4 is 0 Å². The molecule has 0 heterocycles. The molecule has 0 aromatic heterocycles. The Bertz CT molecular complexity index is 677. The monoisotopic (exact) mass is 477 g/mol. The summed E-state index contributed by atoms with van der Waals surface area (Å²) in [7, 11) is 3.31. The van der Waals surface area contributed by atoms with Gasteiger partial charge >= 0.3 is 30.0 Å². The fourth-order valence-electron chi connectivity index (χ4n) is 0.762. The number of imide groups is 1. The van der Waals surface area contributed by atoms with Crippen molar-refractivity contribution in [2.24, 2.45) is 0 Å². The molecule has 0 aromatic rings. The Morgan fingerprint density at radius 3 is 1.36 bits per heavy atom. The number of ether oxygens (including phenoxy) is 5. The summed E-state index contributed by atoms with van der Waals surface area (Å²) in [5.41, 5.74) is 0. The van der Waals surface area contributed by atoms with E-state index in [1.54, 1.807) is 0 Å². The molecule has 12 heteroatoms. The van der Waals surface area contributed by atoms with Crippen molar-refractivity contribution in [2.45, 2.75) is 13.3 Å². The summed E-state index contributed by atoms with van der Waals surface area (Å²) < 4.78 is 35.0. The first-order valence-electron chi connectivity index (χ1n) is 9.87. The molecular formula is C21H31NO11. The molecule has 0 aromatic carbocycles. The Labute approximate surface area is 195 Å². The van der Waals surface area contributed by atoms with Crippen LogP contribution in [0.4, 0.5) is 4.79 Å². The molecule has 12 nitrogen and oxygen atoms in total. The molecule has 0 aliphatic heterocycles. The van der Waals surface area contributed by atoms with Gasteiger partial charge in [0.05, 0.1) is 21.3 Å². The zero-order chi connectivity index (χ0) is 28.2. The molecule has 0 atom stereocenters. The Morgan fingerprint density at radius 1 is 0.727 bits per heavy atom. The summed E-state index contributed by atoms with van der Waals surface area (Å²) in [6, 6.07) is 0. The molecule has 0 bridgehead atoms. The van der Waals surface area contributed by atoms with E-state index in [0.717, 1.165) is 24.3 Å². The highest BCUT2D eigenvalue weighted by Gasteiger charge is 2.16. The summed E-state index contributed by atoms with van der Waals surface area (Å²) in [5.74, 6) is -2.64. The van der Waals surface area contributed by atoms with Crippen molar-refractivity contribution in [1.29, 1.82) is 0 Å². The molecule has 0 radical (unpaired) electrons. The number of nitrogens with zero attached hydrogens (tertiary/aromatic N) is 1. The molecule has 0 fully saturated rings. The van der Waals surface area contributed by atoms with E-state index in [-0.39, 0.29) is 13.3 Å². The van der Waals surface area contributed by atoms with E-state index in [1.807, 2.05) is 0 Å². The summed E-state index contributed by atoms with van der Waals surface area (Å²) in [4.78, 5) is 63.1. The van der Waals surface area contributed by atoms with Crippen LogP contribution in [0.15, 0.2) is 50.6 Å². The molecule has 0 unspecified atom stereocenters. The highest BCUT2D eigenvalue weighted by Crippen LogP contribution is 1.95. The Hall–Kier alpha value is -4.22. The van der Waals surface area contributed by atoms with Crippen molar-refractivity contribution in [2.75, 3.05) is 35.1 Å². The second kappa shape index (κ2) is 25.8. The average Bonchev–Trinajstić information content (AvgIpc) is 2.88. The highest BCUT2D eigenvalue weighted by atomic mass is 16.7. The summed E-state index contributed by atoms with van der Waals surface area (Å²) in [5, 5.41) is 0. The lowest BCUT2D eigenvalue weighted by Gasteiger charge is -2.13. The second-order valence-electron chi connectivity index (χ2n) is 4.45. The van der Waals surface area contributed by atoms with Gasteiger partial charge in [-0.3, -0.25) is 9.69 Å². The molecule has 0 N–H and O–H groups in total. The molecule has 186 valence electrons. The number of methoxy groups -OCH3 is 3. The van der Waals surface area contributed by atoms with E-state index in [2.05, 4.69) is 50.0 Å². The maximum absolute atomic E-state index is 11.2. The first kappa shape index (κ1) is 31.0. The maximum Gasteiger partial charge on any atom is 0.419 e. The van der Waals surface area contributed by atoms with Gasteiger partial charge in [-0.1, -0.05) is 33.2 Å². The van der Waals surface area contributed by atoms with Gasteiger partial charge in [-0.15, -0.1) is 0 Å². The van der Waals surface area contributed by atoms with Crippen LogP contribution >= 0.6 is 0 Å². The number of hydrogen-bond acceptors (Lipinski definition) is 11. The van der Waals surface area contributed by atoms with Crippen molar-refractivity contribution in [3.63, 3.8) is 0 Å². The van der Waals surface area contributed by atoms with Crippen molar-refractivity contribution in [3.8, 4) is 0 Å². The van der Waals surface area contributed by atoms with Crippen LogP contribution in [0.25, 0.3) is 0 Å². The van der Waals surface area contributed by atoms with Crippen molar-refractivity contribution in [1.82, 2.24) is 4.90 Å². The SMILES string of the molecule is C=CC(=O)OC.C=CC(=O)OC.C=CC(=O)OC.[3H]CCC(=O)N(C[3H])C(=O)OCOC(=O)C=C. The fraction of sp³-hybridized carbons (Fsp3) is 0.333. The third-order valence-electron chi connectivity index (χ3n) is 2.39. The molecule has 0 saturated carbocycles. The lowest BCUT2D eigenvalue weighted by Crippen LogP contribution is -2.33. The quantitative estimate of drug-likeness (QED) is 0.228. The smallest absolute Gasteiger partial charge is 0.419 e. The van der Waals surface area contributed by atoms with E-state index < -0.39 is 49.7 Å². The normalized spacial score (nSPS) is 8.58. The van der Waals surface area contributed by atoms with E-state index >= 15 is 0 Å². The number of amides is 2. The average molecular weight is 477 g/mol. The van der Waals surface area contributed by atoms with Gasteiger partial charge in [0.25, 0.3) is 0 Å². The van der Waals surface area contributed by atoms with Crippen LogP contribution in [-0.2, 0) is 47.7 Å². The first-order valence-corrected chi connectivity index (χ1v) is 8.45. The third-order valence-corrected chi connectivity index (χ3v) is 2.39. The molecule has 0 spiro atoms. The van der Waals surface area contributed by atoms with E-state index in [4.69, 9.17) is 2.74 Å². The lowest BCUT2D eigenvalue weighted by atomic mass is 10.4. The van der Waals surface area contributed by atoms with Crippen molar-refractivity contribution >= 4 is 35.9 Å². The predicted octanol–water partition coefficient (Wildman–Crippen LogP) is 1.71. The Morgan fingerprint density at radius 2 is 1.12 bits per heavy atom. The molecule has 0 aliphatic carbocycles. The van der Waals surface area contributed by atoms with Crippen LogP contribution in [0.5, 0.6) is 0 Å². The Kier molecular flexibility index (Phi) is 24.2. The van der Waals surface area contributed by atoms with Gasteiger partial charge in [-0.25, -0.2) is 24.0 Å². The first-order chi connectivity index (χ1) is 16.5. The van der Waals surface area contributed by atoms with Crippen molar-refractivity contribution in [3.05, 3.63) is 50.6 Å². The molecule has 0 rings (SSSR count). The maximum atomic E-state index is 11.2. The number of hydrogen-bond donors (Lipinski definition) is 0. The van der Waals surface area contributed by atoms with Crippen LogP contribution in [0.1, 0.15) is 16.1 Å². The minimum absolute atomic E-state index is 0.180. The van der Waals surface area contributed by atoms with Gasteiger partial charge in [-0.05, 0) is 0 Å². The molecule has 0 saturated heterocycles. The predicted molar refractivity (Wildman–Crippen MR) is 117 cm³/mol. The number of carbonyl (C=O) groups is 6. The van der Waals surface area contributed by atoms with Gasteiger partial charge in [-0.2, -0.15) is 0 Å². The number of carbonyl (C=O) groups excluding carboxylic acids is 6. The second-order valence-corrected chi connectivity index (χ2v) is 4.45. The highest BCUT2D eigenvalue weighted by molar-refractivity contribution is 5.91. The van der Waals surface area contributed by atoms with Gasteiger partial charge in [0, 0.05) is 40.5 Å². The Balaban J connectivity index is -0.000000218. The van der Waals surface area contributed by atoms with Crippen LogP contribution in [0, 0.1) is 0 Å². The van der Waals surface area contributed by atoms with Crippen molar-refractivity contribution < 1.29 is 55.2 Å². The zero-order valence-electron chi connectivity index (χ0n) is 20.9. The largest absolute Gasteiger partial charge is 0.466 e. The standard InChI is InChI=1S/C9H13NO5.3C4H6O2/c1-4-7(11)10(3)9(13)15-6-14-8(12)5-2;3*1-3-4(5)6-2/h5H,2,4,6H2,1,3H3;3*3H,1H2,2H3/i1T,3T;;;. The number of rotatable bonds is 7. The van der Waals surface area contributed by atoms with E-state index in [9.17, 15) is 28.8 Å². The zero-order valence-corrected chi connectivity index (χ0v) is 18.9. The van der Waals surface area contributed by atoms with Gasteiger partial charge in [0.2, 0.25) is 12.7 Å². The summed E-state index contributed by atoms with van der Waals surface area (Å²) >= 11 is 0. The van der Waals surface area contributed by atoms with Crippen LogP contribution in [-0.4, -0.2) is 75.9 Å². The number of esters is 4. The molecule has 0 aliphatic rings. The lowest BCUT2D eigenvalue weighted by molar-refractivity contribution is -0.146. The van der Waals surface area contributed by atoms with E-state index in [1.165, 1.54) is 21.3 Å². The summed E-state index contributed by atoms with van der Waals surface area (Å²) in [6.45, 7) is 11.8. The topological polar surface area (TPSA) is 152 Å².